The normalized spacial score (nSPS) is 10.2. The SMILES string of the molecule is COc1ccc(CNc2cnn(C)c2)cc1O. The molecule has 0 unspecified atom stereocenters. The highest BCUT2D eigenvalue weighted by atomic mass is 16.5. The molecule has 1 heterocycles. The average molecular weight is 233 g/mol. The van der Waals surface area contributed by atoms with Gasteiger partial charge in [0, 0.05) is 19.8 Å². The Bertz CT molecular complexity index is 508. The van der Waals surface area contributed by atoms with Crippen LogP contribution >= 0.6 is 0 Å². The Morgan fingerprint density at radius 3 is 2.88 bits per heavy atom. The lowest BCUT2D eigenvalue weighted by Crippen LogP contribution is -1.98. The van der Waals surface area contributed by atoms with Gasteiger partial charge in [-0.1, -0.05) is 6.07 Å². The highest BCUT2D eigenvalue weighted by molar-refractivity contribution is 5.44. The molecule has 0 saturated carbocycles. The lowest BCUT2D eigenvalue weighted by atomic mass is 10.2. The molecular formula is C12H15N3O2. The van der Waals surface area contributed by atoms with Gasteiger partial charge in [0.2, 0.25) is 0 Å². The zero-order chi connectivity index (χ0) is 12.3. The lowest BCUT2D eigenvalue weighted by Gasteiger charge is -2.07. The second-order valence-electron chi connectivity index (χ2n) is 3.76. The zero-order valence-electron chi connectivity index (χ0n) is 9.84. The molecule has 0 aliphatic heterocycles. The summed E-state index contributed by atoms with van der Waals surface area (Å²) in [5.41, 5.74) is 1.93. The summed E-state index contributed by atoms with van der Waals surface area (Å²) in [7, 11) is 3.40. The van der Waals surface area contributed by atoms with Crippen LogP contribution in [0.15, 0.2) is 30.6 Å². The molecule has 0 saturated heterocycles. The molecule has 1 aromatic heterocycles. The number of benzene rings is 1. The predicted octanol–water partition coefficient (Wildman–Crippen LogP) is 1.75. The quantitative estimate of drug-likeness (QED) is 0.844. The van der Waals surface area contributed by atoms with Crippen molar-refractivity contribution in [2.45, 2.75) is 6.54 Å². The lowest BCUT2D eigenvalue weighted by molar-refractivity contribution is 0.373. The Morgan fingerprint density at radius 1 is 1.47 bits per heavy atom. The number of aromatic nitrogens is 2. The standard InChI is InChI=1S/C12H15N3O2/c1-15-8-10(7-14-15)13-6-9-3-4-12(17-2)11(16)5-9/h3-5,7-8,13,16H,6H2,1-2H3. The first kappa shape index (κ1) is 11.3. The van der Waals surface area contributed by atoms with Crippen LogP contribution in [0.3, 0.4) is 0 Å². The number of nitrogens with one attached hydrogen (secondary N) is 1. The van der Waals surface area contributed by atoms with E-state index in [4.69, 9.17) is 4.74 Å². The molecule has 0 bridgehead atoms. The number of aryl methyl sites for hydroxylation is 1. The minimum absolute atomic E-state index is 0.151. The van der Waals surface area contributed by atoms with Crippen LogP contribution in [0, 0.1) is 0 Å². The Labute approximate surface area is 99.6 Å². The average Bonchev–Trinajstić information content (AvgIpc) is 2.73. The number of rotatable bonds is 4. The third-order valence-electron chi connectivity index (χ3n) is 2.44. The van der Waals surface area contributed by atoms with Crippen molar-refractivity contribution in [1.82, 2.24) is 9.78 Å². The molecule has 90 valence electrons. The summed E-state index contributed by atoms with van der Waals surface area (Å²) < 4.78 is 6.71. The van der Waals surface area contributed by atoms with Crippen LogP contribution in [0.5, 0.6) is 11.5 Å². The van der Waals surface area contributed by atoms with Gasteiger partial charge in [-0.25, -0.2) is 0 Å². The zero-order valence-corrected chi connectivity index (χ0v) is 9.84. The van der Waals surface area contributed by atoms with E-state index in [1.165, 1.54) is 7.11 Å². The van der Waals surface area contributed by atoms with Gasteiger partial charge in [-0.3, -0.25) is 4.68 Å². The van der Waals surface area contributed by atoms with E-state index in [2.05, 4.69) is 10.4 Å². The fraction of sp³-hybridized carbons (Fsp3) is 0.250. The first-order chi connectivity index (χ1) is 8.19. The number of nitrogens with zero attached hydrogens (tertiary/aromatic N) is 2. The highest BCUT2D eigenvalue weighted by Gasteiger charge is 2.02. The predicted molar refractivity (Wildman–Crippen MR) is 65.2 cm³/mol. The Hall–Kier alpha value is -2.17. The molecule has 5 nitrogen and oxygen atoms in total. The van der Waals surface area contributed by atoms with E-state index >= 15 is 0 Å². The van der Waals surface area contributed by atoms with E-state index < -0.39 is 0 Å². The summed E-state index contributed by atoms with van der Waals surface area (Å²) >= 11 is 0. The van der Waals surface area contributed by atoms with Gasteiger partial charge < -0.3 is 15.2 Å². The first-order valence-electron chi connectivity index (χ1n) is 5.27. The minimum Gasteiger partial charge on any atom is -0.504 e. The Balaban J connectivity index is 2.02. The van der Waals surface area contributed by atoms with Crippen LogP contribution in [0.2, 0.25) is 0 Å². The molecule has 0 aliphatic carbocycles. The number of aromatic hydroxyl groups is 1. The molecule has 1 aromatic carbocycles. The number of anilines is 1. The van der Waals surface area contributed by atoms with Crippen LogP contribution < -0.4 is 10.1 Å². The fourth-order valence-corrected chi connectivity index (χ4v) is 1.56. The van der Waals surface area contributed by atoms with E-state index in [-0.39, 0.29) is 5.75 Å². The van der Waals surface area contributed by atoms with E-state index in [1.807, 2.05) is 19.3 Å². The van der Waals surface area contributed by atoms with Crippen LogP contribution in [-0.4, -0.2) is 22.0 Å². The van der Waals surface area contributed by atoms with Crippen molar-refractivity contribution in [3.05, 3.63) is 36.2 Å². The molecule has 2 rings (SSSR count). The van der Waals surface area contributed by atoms with Crippen molar-refractivity contribution in [3.63, 3.8) is 0 Å². The van der Waals surface area contributed by atoms with Gasteiger partial charge in [-0.15, -0.1) is 0 Å². The second-order valence-corrected chi connectivity index (χ2v) is 3.76. The van der Waals surface area contributed by atoms with Gasteiger partial charge in [-0.05, 0) is 17.7 Å². The summed E-state index contributed by atoms with van der Waals surface area (Å²) in [4.78, 5) is 0. The summed E-state index contributed by atoms with van der Waals surface area (Å²) in [6, 6.07) is 5.33. The van der Waals surface area contributed by atoms with Crippen molar-refractivity contribution < 1.29 is 9.84 Å². The molecule has 17 heavy (non-hydrogen) atoms. The van der Waals surface area contributed by atoms with Gasteiger partial charge in [0.25, 0.3) is 0 Å². The smallest absolute Gasteiger partial charge is 0.160 e. The summed E-state index contributed by atoms with van der Waals surface area (Å²) in [6.07, 6.45) is 3.65. The molecule has 0 aliphatic rings. The molecule has 0 radical (unpaired) electrons. The van der Waals surface area contributed by atoms with Crippen LogP contribution in [0.1, 0.15) is 5.56 Å². The number of phenols is 1. The molecule has 2 aromatic rings. The number of hydrogen-bond donors (Lipinski definition) is 2. The maximum absolute atomic E-state index is 9.62. The second kappa shape index (κ2) is 4.78. The highest BCUT2D eigenvalue weighted by Crippen LogP contribution is 2.26. The summed E-state index contributed by atoms with van der Waals surface area (Å²) in [5.74, 6) is 0.633. The van der Waals surface area contributed by atoms with Crippen molar-refractivity contribution in [1.29, 1.82) is 0 Å². The van der Waals surface area contributed by atoms with Gasteiger partial charge in [-0.2, -0.15) is 5.10 Å². The van der Waals surface area contributed by atoms with Crippen molar-refractivity contribution in [3.8, 4) is 11.5 Å². The third-order valence-corrected chi connectivity index (χ3v) is 2.44. The molecular weight excluding hydrogens is 218 g/mol. The summed E-state index contributed by atoms with van der Waals surface area (Å²) in [5, 5.41) is 16.9. The molecule has 2 N–H and O–H groups in total. The number of hydrogen-bond acceptors (Lipinski definition) is 4. The van der Waals surface area contributed by atoms with E-state index in [0.29, 0.717) is 12.3 Å². The van der Waals surface area contributed by atoms with Gasteiger partial charge in [0.05, 0.1) is 19.0 Å². The molecule has 5 heteroatoms. The first-order valence-corrected chi connectivity index (χ1v) is 5.27. The van der Waals surface area contributed by atoms with Crippen LogP contribution in [0.25, 0.3) is 0 Å². The van der Waals surface area contributed by atoms with E-state index in [1.54, 1.807) is 23.0 Å². The summed E-state index contributed by atoms with van der Waals surface area (Å²) in [6.45, 7) is 0.628. The van der Waals surface area contributed by atoms with Crippen LogP contribution in [-0.2, 0) is 13.6 Å². The Kier molecular flexibility index (Phi) is 3.18. The minimum atomic E-state index is 0.151. The molecule has 0 atom stereocenters. The van der Waals surface area contributed by atoms with E-state index in [9.17, 15) is 5.11 Å². The number of phenolic OH excluding ortho intramolecular Hbond substituents is 1. The maximum Gasteiger partial charge on any atom is 0.160 e. The van der Waals surface area contributed by atoms with Gasteiger partial charge in [0.15, 0.2) is 11.5 Å². The maximum atomic E-state index is 9.62. The van der Waals surface area contributed by atoms with Crippen LogP contribution in [0.4, 0.5) is 5.69 Å². The topological polar surface area (TPSA) is 59.3 Å². The van der Waals surface area contributed by atoms with Crippen molar-refractivity contribution >= 4 is 5.69 Å². The number of ether oxygens (including phenoxy) is 1. The fourth-order valence-electron chi connectivity index (χ4n) is 1.56. The molecule has 0 fully saturated rings. The molecule has 0 amide bonds. The third kappa shape index (κ3) is 2.69. The van der Waals surface area contributed by atoms with E-state index in [0.717, 1.165) is 11.3 Å². The van der Waals surface area contributed by atoms with Gasteiger partial charge in [0.1, 0.15) is 0 Å². The largest absolute Gasteiger partial charge is 0.504 e. The Morgan fingerprint density at radius 2 is 2.29 bits per heavy atom. The van der Waals surface area contributed by atoms with Gasteiger partial charge >= 0.3 is 0 Å². The molecule has 0 spiro atoms. The van der Waals surface area contributed by atoms with Crippen molar-refractivity contribution in [2.75, 3.05) is 12.4 Å². The monoisotopic (exact) mass is 233 g/mol. The number of methoxy groups -OCH3 is 1. The van der Waals surface area contributed by atoms with Crippen molar-refractivity contribution in [2.24, 2.45) is 7.05 Å².